The van der Waals surface area contributed by atoms with Gasteiger partial charge in [-0.05, 0) is 24.6 Å². The van der Waals surface area contributed by atoms with E-state index in [-0.39, 0.29) is 6.04 Å². The first-order valence-electron chi connectivity index (χ1n) is 6.80. The summed E-state index contributed by atoms with van der Waals surface area (Å²) in [7, 11) is 0. The molecule has 0 saturated heterocycles. The van der Waals surface area contributed by atoms with Gasteiger partial charge in [0.1, 0.15) is 0 Å². The van der Waals surface area contributed by atoms with E-state index in [0.29, 0.717) is 0 Å². The van der Waals surface area contributed by atoms with E-state index < -0.39 is 0 Å². The number of hydrogen-bond acceptors (Lipinski definition) is 2. The quantitative estimate of drug-likeness (QED) is 0.611. The molecule has 1 heterocycles. The molecule has 3 aromatic rings. The number of fused-ring (bicyclic) bond motifs is 1. The minimum atomic E-state index is 0.181. The topological polar surface area (TPSA) is 12.0 Å². The predicted molar refractivity (Wildman–Crippen MR) is 93.5 cm³/mol. The third-order valence-corrected chi connectivity index (χ3v) is 5.60. The maximum Gasteiger partial charge on any atom is 0.0636 e. The Morgan fingerprint density at radius 1 is 1.05 bits per heavy atom. The molecule has 0 saturated carbocycles. The highest BCUT2D eigenvalue weighted by Crippen LogP contribution is 2.35. The summed E-state index contributed by atoms with van der Waals surface area (Å²) in [6.45, 7) is 2.85. The summed E-state index contributed by atoms with van der Waals surface area (Å²) in [5.74, 6) is 0. The van der Waals surface area contributed by atoms with Crippen LogP contribution < -0.4 is 5.32 Å². The summed E-state index contributed by atoms with van der Waals surface area (Å²) < 4.78 is 1.23. The number of benzene rings is 2. The highest BCUT2D eigenvalue weighted by atomic mass is 35.5. The zero-order valence-corrected chi connectivity index (χ0v) is 13.9. The summed E-state index contributed by atoms with van der Waals surface area (Å²) >= 11 is 14.4. The Kier molecular flexibility index (Phi) is 4.51. The molecule has 0 aliphatic carbocycles. The standard InChI is InChI=1S/C17H15Cl2NS/c1-11(12-6-2-4-8-14(12)18)20-10-16-17(19)13-7-3-5-9-15(13)21-16/h2-9,11,20H,10H2,1H3/t11-/m1/s1. The SMILES string of the molecule is C[C@@H](NCc1sc2ccccc2c1Cl)c1ccccc1Cl. The van der Waals surface area contributed by atoms with Gasteiger partial charge in [-0.3, -0.25) is 0 Å². The summed E-state index contributed by atoms with van der Waals surface area (Å²) in [4.78, 5) is 1.16. The first kappa shape index (κ1) is 14.9. The second-order valence-corrected chi connectivity index (χ2v) is 6.88. The summed E-state index contributed by atoms with van der Waals surface area (Å²) in [6, 6.07) is 16.3. The van der Waals surface area contributed by atoms with E-state index in [9.17, 15) is 0 Å². The normalized spacial score (nSPS) is 12.7. The van der Waals surface area contributed by atoms with Crippen LogP contribution in [-0.4, -0.2) is 0 Å². The average Bonchev–Trinajstić information content (AvgIpc) is 2.82. The fraction of sp³-hybridized carbons (Fsp3) is 0.176. The zero-order chi connectivity index (χ0) is 14.8. The van der Waals surface area contributed by atoms with Gasteiger partial charge in [-0.2, -0.15) is 0 Å². The molecule has 0 unspecified atom stereocenters. The van der Waals surface area contributed by atoms with Crippen molar-refractivity contribution in [3.63, 3.8) is 0 Å². The molecule has 0 fully saturated rings. The van der Waals surface area contributed by atoms with E-state index in [4.69, 9.17) is 23.2 Å². The minimum Gasteiger partial charge on any atom is -0.305 e. The van der Waals surface area contributed by atoms with Crippen LogP contribution in [0.1, 0.15) is 23.4 Å². The van der Waals surface area contributed by atoms with Gasteiger partial charge in [0.05, 0.1) is 5.02 Å². The van der Waals surface area contributed by atoms with E-state index in [1.807, 2.05) is 36.4 Å². The highest BCUT2D eigenvalue weighted by Gasteiger charge is 2.12. The Labute approximate surface area is 138 Å². The maximum atomic E-state index is 6.46. The Morgan fingerprint density at radius 3 is 2.52 bits per heavy atom. The maximum absolute atomic E-state index is 6.46. The van der Waals surface area contributed by atoms with Gasteiger partial charge in [-0.1, -0.05) is 59.6 Å². The van der Waals surface area contributed by atoms with Crippen molar-refractivity contribution in [2.24, 2.45) is 0 Å². The second-order valence-electron chi connectivity index (χ2n) is 4.96. The summed E-state index contributed by atoms with van der Waals surface area (Å²) in [5.41, 5.74) is 1.11. The van der Waals surface area contributed by atoms with Crippen LogP contribution in [0.15, 0.2) is 48.5 Å². The predicted octanol–water partition coefficient (Wildman–Crippen LogP) is 6.06. The number of halogens is 2. The molecule has 108 valence electrons. The number of nitrogens with one attached hydrogen (secondary N) is 1. The molecule has 0 amide bonds. The lowest BCUT2D eigenvalue weighted by Gasteiger charge is -2.15. The molecule has 1 N–H and O–H groups in total. The van der Waals surface area contributed by atoms with Crippen molar-refractivity contribution in [3.05, 3.63) is 69.0 Å². The lowest BCUT2D eigenvalue weighted by Crippen LogP contribution is -2.17. The van der Waals surface area contributed by atoms with Crippen LogP contribution in [-0.2, 0) is 6.54 Å². The van der Waals surface area contributed by atoms with Crippen molar-refractivity contribution in [1.82, 2.24) is 5.32 Å². The van der Waals surface area contributed by atoms with Crippen molar-refractivity contribution in [1.29, 1.82) is 0 Å². The fourth-order valence-electron chi connectivity index (χ4n) is 2.36. The van der Waals surface area contributed by atoms with Crippen LogP contribution in [0, 0.1) is 0 Å². The van der Waals surface area contributed by atoms with Gasteiger partial charge in [0, 0.05) is 32.6 Å². The smallest absolute Gasteiger partial charge is 0.0636 e. The van der Waals surface area contributed by atoms with Crippen LogP contribution in [0.2, 0.25) is 10.0 Å². The molecule has 1 nitrogen and oxygen atoms in total. The first-order valence-corrected chi connectivity index (χ1v) is 8.38. The molecule has 0 bridgehead atoms. The summed E-state index contributed by atoms with van der Waals surface area (Å²) in [5, 5.41) is 6.28. The van der Waals surface area contributed by atoms with Crippen molar-refractivity contribution in [2.45, 2.75) is 19.5 Å². The Hall–Kier alpha value is -1.06. The lowest BCUT2D eigenvalue weighted by atomic mass is 10.1. The highest BCUT2D eigenvalue weighted by molar-refractivity contribution is 7.19. The van der Waals surface area contributed by atoms with E-state index in [1.54, 1.807) is 11.3 Å². The monoisotopic (exact) mass is 335 g/mol. The van der Waals surface area contributed by atoms with Gasteiger partial charge in [0.2, 0.25) is 0 Å². The molecule has 0 aliphatic heterocycles. The lowest BCUT2D eigenvalue weighted by molar-refractivity contribution is 0.579. The van der Waals surface area contributed by atoms with Gasteiger partial charge >= 0.3 is 0 Å². The molecule has 2 aromatic carbocycles. The molecule has 0 spiro atoms. The molecular formula is C17H15Cl2NS. The van der Waals surface area contributed by atoms with Gasteiger partial charge in [-0.25, -0.2) is 0 Å². The van der Waals surface area contributed by atoms with Crippen molar-refractivity contribution in [2.75, 3.05) is 0 Å². The van der Waals surface area contributed by atoms with Crippen LogP contribution >= 0.6 is 34.5 Å². The third kappa shape index (κ3) is 3.09. The molecule has 0 radical (unpaired) electrons. The van der Waals surface area contributed by atoms with Gasteiger partial charge in [-0.15, -0.1) is 11.3 Å². The molecular weight excluding hydrogens is 321 g/mol. The molecule has 21 heavy (non-hydrogen) atoms. The molecule has 3 rings (SSSR count). The number of thiophene rings is 1. The first-order chi connectivity index (χ1) is 10.2. The van der Waals surface area contributed by atoms with Gasteiger partial charge in [0.15, 0.2) is 0 Å². The van der Waals surface area contributed by atoms with E-state index in [2.05, 4.69) is 24.4 Å². The molecule has 0 aliphatic rings. The van der Waals surface area contributed by atoms with Crippen LogP contribution in [0.5, 0.6) is 0 Å². The summed E-state index contributed by atoms with van der Waals surface area (Å²) in [6.07, 6.45) is 0. The molecule has 4 heteroatoms. The Balaban J connectivity index is 1.77. The number of hydrogen-bond donors (Lipinski definition) is 1. The zero-order valence-electron chi connectivity index (χ0n) is 11.6. The van der Waals surface area contributed by atoms with Crippen molar-refractivity contribution < 1.29 is 0 Å². The average molecular weight is 336 g/mol. The van der Waals surface area contributed by atoms with Crippen molar-refractivity contribution >= 4 is 44.6 Å². The van der Waals surface area contributed by atoms with E-state index in [1.165, 1.54) is 4.70 Å². The van der Waals surface area contributed by atoms with Crippen LogP contribution in [0.4, 0.5) is 0 Å². The minimum absolute atomic E-state index is 0.181. The fourth-order valence-corrected chi connectivity index (χ4v) is 4.11. The molecule has 1 aromatic heterocycles. The van der Waals surface area contributed by atoms with E-state index in [0.717, 1.165) is 32.4 Å². The largest absolute Gasteiger partial charge is 0.305 e. The van der Waals surface area contributed by atoms with Crippen molar-refractivity contribution in [3.8, 4) is 0 Å². The van der Waals surface area contributed by atoms with Crippen LogP contribution in [0.3, 0.4) is 0 Å². The van der Waals surface area contributed by atoms with Gasteiger partial charge in [0.25, 0.3) is 0 Å². The Morgan fingerprint density at radius 2 is 1.76 bits per heavy atom. The van der Waals surface area contributed by atoms with Gasteiger partial charge < -0.3 is 5.32 Å². The van der Waals surface area contributed by atoms with E-state index >= 15 is 0 Å². The second kappa shape index (κ2) is 6.37. The third-order valence-electron chi connectivity index (χ3n) is 3.54. The van der Waals surface area contributed by atoms with Crippen LogP contribution in [0.25, 0.3) is 10.1 Å². The Bertz CT molecular complexity index is 766. The number of rotatable bonds is 4. The molecule has 1 atom stereocenters.